The minimum absolute atomic E-state index is 0.0106. The summed E-state index contributed by atoms with van der Waals surface area (Å²) in [7, 11) is 0. The fraction of sp³-hybridized carbons (Fsp3) is 0.364. The number of hydrogen-bond donors (Lipinski definition) is 2. The first-order chi connectivity index (χ1) is 8.84. The van der Waals surface area contributed by atoms with E-state index in [1.165, 1.54) is 0 Å². The molecule has 0 heterocycles. The molecule has 0 spiro atoms. The first-order valence-corrected chi connectivity index (χ1v) is 5.57. The van der Waals surface area contributed by atoms with Crippen molar-refractivity contribution in [1.82, 2.24) is 0 Å². The number of hydrogen-bond acceptors (Lipinski definition) is 3. The van der Waals surface area contributed by atoms with Gasteiger partial charge in [0.05, 0.1) is 29.5 Å². The van der Waals surface area contributed by atoms with Crippen LogP contribution in [0.3, 0.4) is 0 Å². The van der Waals surface area contributed by atoms with Crippen LogP contribution in [-0.4, -0.2) is 30.8 Å². The molecule has 0 unspecified atom stereocenters. The number of alkyl halides is 3. The summed E-state index contributed by atoms with van der Waals surface area (Å²) >= 11 is 5.69. The van der Waals surface area contributed by atoms with Crippen molar-refractivity contribution >= 4 is 23.2 Å². The molecule has 1 aromatic carbocycles. The molecule has 19 heavy (non-hydrogen) atoms. The zero-order valence-electron chi connectivity index (χ0n) is 9.63. The number of carbonyl (C=O) groups is 1. The Kier molecular flexibility index (Phi) is 5.59. The van der Waals surface area contributed by atoms with Gasteiger partial charge in [-0.05, 0) is 18.2 Å². The maximum absolute atomic E-state index is 12.5. The minimum Gasteiger partial charge on any atom is -0.394 e. The van der Waals surface area contributed by atoms with Gasteiger partial charge in [0, 0.05) is 0 Å². The molecule has 1 aromatic rings. The van der Waals surface area contributed by atoms with E-state index in [4.69, 9.17) is 21.4 Å². The third-order valence-corrected chi connectivity index (χ3v) is 2.37. The van der Waals surface area contributed by atoms with Crippen molar-refractivity contribution < 1.29 is 27.8 Å². The van der Waals surface area contributed by atoms with Gasteiger partial charge in [-0.15, -0.1) is 0 Å². The van der Waals surface area contributed by atoms with E-state index in [1.807, 2.05) is 0 Å². The smallest absolute Gasteiger partial charge is 0.394 e. The van der Waals surface area contributed by atoms with Crippen molar-refractivity contribution in [1.29, 1.82) is 0 Å². The van der Waals surface area contributed by atoms with Gasteiger partial charge in [-0.2, -0.15) is 13.2 Å². The fourth-order valence-corrected chi connectivity index (χ4v) is 1.38. The molecule has 2 N–H and O–H groups in total. The van der Waals surface area contributed by atoms with Crippen LogP contribution in [0.25, 0.3) is 0 Å². The zero-order chi connectivity index (χ0) is 14.5. The van der Waals surface area contributed by atoms with E-state index in [-0.39, 0.29) is 30.5 Å². The Balaban J connectivity index is 2.74. The second-order valence-electron chi connectivity index (χ2n) is 3.52. The highest BCUT2D eigenvalue weighted by Crippen LogP contribution is 2.33. The molecule has 0 saturated carbocycles. The molecule has 0 aliphatic heterocycles. The van der Waals surface area contributed by atoms with Crippen molar-refractivity contribution in [2.45, 2.75) is 6.18 Å². The Bertz CT molecular complexity index is 451. The SMILES string of the molecule is O=C(COCCO)Nc1cc(C(F)(F)F)ccc1Cl. The molecule has 8 heteroatoms. The van der Waals surface area contributed by atoms with Crippen molar-refractivity contribution in [2.24, 2.45) is 0 Å². The molecular formula is C11H11ClF3NO3. The Morgan fingerprint density at radius 1 is 1.42 bits per heavy atom. The van der Waals surface area contributed by atoms with Crippen LogP contribution in [0.1, 0.15) is 5.56 Å². The first kappa shape index (κ1) is 15.7. The summed E-state index contributed by atoms with van der Waals surface area (Å²) < 4.78 is 42.2. The zero-order valence-corrected chi connectivity index (χ0v) is 10.4. The van der Waals surface area contributed by atoms with Gasteiger partial charge in [0.2, 0.25) is 5.91 Å². The summed E-state index contributed by atoms with van der Waals surface area (Å²) in [6.45, 7) is -0.672. The quantitative estimate of drug-likeness (QED) is 0.820. The number of amides is 1. The maximum Gasteiger partial charge on any atom is 0.416 e. The van der Waals surface area contributed by atoms with Gasteiger partial charge in [0.1, 0.15) is 6.61 Å². The van der Waals surface area contributed by atoms with Gasteiger partial charge in [0.15, 0.2) is 0 Å². The van der Waals surface area contributed by atoms with Crippen molar-refractivity contribution in [2.75, 3.05) is 25.1 Å². The lowest BCUT2D eigenvalue weighted by Crippen LogP contribution is -2.20. The number of benzene rings is 1. The summed E-state index contributed by atoms with van der Waals surface area (Å²) in [5.41, 5.74) is -1.06. The number of nitrogens with one attached hydrogen (secondary N) is 1. The predicted octanol–water partition coefficient (Wildman–Crippen LogP) is 2.31. The summed E-state index contributed by atoms with van der Waals surface area (Å²) in [6, 6.07) is 2.61. The highest BCUT2D eigenvalue weighted by Gasteiger charge is 2.31. The van der Waals surface area contributed by atoms with E-state index in [0.29, 0.717) is 0 Å². The maximum atomic E-state index is 12.5. The first-order valence-electron chi connectivity index (χ1n) is 5.20. The van der Waals surface area contributed by atoms with E-state index in [2.05, 4.69) is 5.32 Å². The molecule has 0 aliphatic carbocycles. The molecule has 4 nitrogen and oxygen atoms in total. The molecule has 0 bridgehead atoms. The minimum atomic E-state index is -4.52. The number of halogens is 4. The Morgan fingerprint density at radius 3 is 2.68 bits per heavy atom. The highest BCUT2D eigenvalue weighted by atomic mass is 35.5. The Morgan fingerprint density at radius 2 is 2.11 bits per heavy atom. The summed E-state index contributed by atoms with van der Waals surface area (Å²) in [4.78, 5) is 11.3. The number of aliphatic hydroxyl groups is 1. The highest BCUT2D eigenvalue weighted by molar-refractivity contribution is 6.33. The standard InChI is InChI=1S/C11H11ClF3NO3/c12-8-2-1-7(11(13,14)15)5-9(8)16-10(18)6-19-4-3-17/h1-2,5,17H,3-4,6H2,(H,16,18). The van der Waals surface area contributed by atoms with Gasteiger partial charge in [-0.1, -0.05) is 11.6 Å². The molecule has 0 fully saturated rings. The topological polar surface area (TPSA) is 58.6 Å². The number of aliphatic hydroxyl groups excluding tert-OH is 1. The summed E-state index contributed by atoms with van der Waals surface area (Å²) in [6.07, 6.45) is -4.52. The fourth-order valence-electron chi connectivity index (χ4n) is 1.21. The van der Waals surface area contributed by atoms with Crippen LogP contribution in [0.4, 0.5) is 18.9 Å². The van der Waals surface area contributed by atoms with Crippen LogP contribution < -0.4 is 5.32 Å². The Labute approximate surface area is 112 Å². The lowest BCUT2D eigenvalue weighted by molar-refractivity contribution is -0.137. The van der Waals surface area contributed by atoms with E-state index < -0.39 is 17.6 Å². The number of rotatable bonds is 5. The van der Waals surface area contributed by atoms with Crippen LogP contribution in [0.15, 0.2) is 18.2 Å². The van der Waals surface area contributed by atoms with Crippen LogP contribution in [0, 0.1) is 0 Å². The molecule has 106 valence electrons. The number of carbonyl (C=O) groups excluding carboxylic acids is 1. The van der Waals surface area contributed by atoms with Gasteiger partial charge in [-0.3, -0.25) is 4.79 Å². The molecule has 1 rings (SSSR count). The van der Waals surface area contributed by atoms with Crippen LogP contribution in [0.5, 0.6) is 0 Å². The molecular weight excluding hydrogens is 287 g/mol. The van der Waals surface area contributed by atoms with Gasteiger partial charge < -0.3 is 15.2 Å². The third kappa shape index (κ3) is 5.06. The summed E-state index contributed by atoms with van der Waals surface area (Å²) in [5, 5.41) is 10.6. The van der Waals surface area contributed by atoms with E-state index in [1.54, 1.807) is 0 Å². The average Bonchev–Trinajstić information content (AvgIpc) is 2.31. The van der Waals surface area contributed by atoms with Crippen LogP contribution in [-0.2, 0) is 15.7 Å². The predicted molar refractivity (Wildman–Crippen MR) is 63.0 cm³/mol. The van der Waals surface area contributed by atoms with Gasteiger partial charge in [-0.25, -0.2) is 0 Å². The second-order valence-corrected chi connectivity index (χ2v) is 3.92. The van der Waals surface area contributed by atoms with E-state index in [0.717, 1.165) is 18.2 Å². The average molecular weight is 298 g/mol. The van der Waals surface area contributed by atoms with Gasteiger partial charge >= 0.3 is 6.18 Å². The molecule has 1 amide bonds. The van der Waals surface area contributed by atoms with Crippen molar-refractivity contribution in [3.63, 3.8) is 0 Å². The van der Waals surface area contributed by atoms with Crippen LogP contribution in [0.2, 0.25) is 5.02 Å². The summed E-state index contributed by atoms with van der Waals surface area (Å²) in [5.74, 6) is -0.658. The lowest BCUT2D eigenvalue weighted by atomic mass is 10.2. The Hall–Kier alpha value is -1.31. The van der Waals surface area contributed by atoms with Gasteiger partial charge in [0.25, 0.3) is 0 Å². The molecule has 0 aromatic heterocycles. The third-order valence-electron chi connectivity index (χ3n) is 2.04. The normalized spacial score (nSPS) is 11.4. The molecule has 0 aliphatic rings. The van der Waals surface area contributed by atoms with Crippen molar-refractivity contribution in [3.05, 3.63) is 28.8 Å². The monoisotopic (exact) mass is 297 g/mol. The van der Waals surface area contributed by atoms with Crippen molar-refractivity contribution in [3.8, 4) is 0 Å². The molecule has 0 saturated heterocycles. The van der Waals surface area contributed by atoms with E-state index >= 15 is 0 Å². The number of anilines is 1. The number of ether oxygens (including phenoxy) is 1. The van der Waals surface area contributed by atoms with E-state index in [9.17, 15) is 18.0 Å². The molecule has 0 atom stereocenters. The largest absolute Gasteiger partial charge is 0.416 e. The molecule has 0 radical (unpaired) electrons. The lowest BCUT2D eigenvalue weighted by Gasteiger charge is -2.11. The second kappa shape index (κ2) is 6.74. The van der Waals surface area contributed by atoms with Crippen LogP contribution >= 0.6 is 11.6 Å².